The highest BCUT2D eigenvalue weighted by molar-refractivity contribution is 6.37. The lowest BCUT2D eigenvalue weighted by molar-refractivity contribution is -0.122. The fraction of sp³-hybridized carbons (Fsp3) is 0.147. The van der Waals surface area contributed by atoms with Crippen LogP contribution in [-0.2, 0) is 10.2 Å². The average Bonchev–Trinajstić information content (AvgIpc) is 3.48. The van der Waals surface area contributed by atoms with Crippen molar-refractivity contribution in [1.82, 2.24) is 4.90 Å². The van der Waals surface area contributed by atoms with Crippen molar-refractivity contribution in [1.29, 1.82) is 0 Å². The summed E-state index contributed by atoms with van der Waals surface area (Å²) in [4.78, 5) is 45.9. The van der Waals surface area contributed by atoms with Crippen molar-refractivity contribution in [3.8, 4) is 5.75 Å². The van der Waals surface area contributed by atoms with Gasteiger partial charge in [0.05, 0.1) is 24.1 Å². The number of nitrogens with one attached hydrogen (secondary N) is 1. The van der Waals surface area contributed by atoms with Crippen LogP contribution in [0.25, 0.3) is 6.08 Å². The molecule has 8 heteroatoms. The molecule has 0 bridgehead atoms. The molecule has 1 saturated heterocycles. The second-order valence-electron chi connectivity index (χ2n) is 10.7. The summed E-state index contributed by atoms with van der Waals surface area (Å²) in [5.74, 6) is -1.67. The van der Waals surface area contributed by atoms with Gasteiger partial charge in [-0.25, -0.2) is 0 Å². The molecule has 3 heterocycles. The third kappa shape index (κ3) is 3.68. The predicted molar refractivity (Wildman–Crippen MR) is 162 cm³/mol. The van der Waals surface area contributed by atoms with Crippen LogP contribution in [0.3, 0.4) is 0 Å². The van der Waals surface area contributed by atoms with Crippen molar-refractivity contribution in [2.45, 2.75) is 17.5 Å². The van der Waals surface area contributed by atoms with Crippen molar-refractivity contribution in [2.75, 3.05) is 12.4 Å². The van der Waals surface area contributed by atoms with Crippen molar-refractivity contribution < 1.29 is 19.1 Å². The molecule has 3 aliphatic rings. The lowest BCUT2D eigenvalue weighted by Crippen LogP contribution is -2.49. The van der Waals surface area contributed by atoms with Crippen molar-refractivity contribution in [2.24, 2.45) is 5.92 Å². The number of Topliss-reactive ketones (excluding diaryl/α,β-unsaturated/α-hetero) is 2. The minimum absolute atomic E-state index is 0.176. The van der Waals surface area contributed by atoms with Gasteiger partial charge in [-0.2, -0.15) is 0 Å². The van der Waals surface area contributed by atoms with Crippen LogP contribution in [0.2, 0.25) is 10.0 Å². The Kier molecular flexibility index (Phi) is 6.22. The number of para-hydroxylation sites is 1. The quantitative estimate of drug-likeness (QED) is 0.252. The zero-order valence-electron chi connectivity index (χ0n) is 22.4. The summed E-state index contributed by atoms with van der Waals surface area (Å²) in [6.45, 7) is 0. The molecule has 42 heavy (non-hydrogen) atoms. The van der Waals surface area contributed by atoms with Crippen LogP contribution in [0.1, 0.15) is 43.4 Å². The van der Waals surface area contributed by atoms with E-state index in [-0.39, 0.29) is 28.1 Å². The Balaban J connectivity index is 1.54. The summed E-state index contributed by atoms with van der Waals surface area (Å²) in [5.41, 5.74) is 2.20. The highest BCUT2D eigenvalue weighted by Crippen LogP contribution is 2.62. The Hall–Kier alpha value is -4.39. The number of carbonyl (C=O) groups excluding carboxylic acids is 3. The van der Waals surface area contributed by atoms with Crippen LogP contribution in [0.4, 0.5) is 5.69 Å². The number of anilines is 1. The molecule has 1 N–H and O–H groups in total. The number of ether oxygens (including phenoxy) is 1. The molecule has 3 aliphatic heterocycles. The molecular weight excluding hydrogens is 571 g/mol. The van der Waals surface area contributed by atoms with Crippen molar-refractivity contribution in [3.05, 3.63) is 135 Å². The first-order valence-electron chi connectivity index (χ1n) is 13.5. The number of ketones is 2. The summed E-state index contributed by atoms with van der Waals surface area (Å²) in [6.07, 6.45) is 3.74. The normalized spacial score (nSPS) is 23.3. The average molecular weight is 595 g/mol. The Labute approximate surface area is 252 Å². The van der Waals surface area contributed by atoms with E-state index in [0.29, 0.717) is 27.6 Å². The number of nitrogens with zero attached hydrogens (tertiary/aromatic N) is 1. The molecule has 1 fully saturated rings. The van der Waals surface area contributed by atoms with E-state index >= 15 is 0 Å². The van der Waals surface area contributed by atoms with Gasteiger partial charge in [-0.15, -0.1) is 0 Å². The number of carbonyl (C=O) groups is 3. The lowest BCUT2D eigenvalue weighted by Gasteiger charge is -2.38. The van der Waals surface area contributed by atoms with Gasteiger partial charge in [-0.1, -0.05) is 77.8 Å². The maximum Gasteiger partial charge on any atom is 0.238 e. The SMILES string of the molecule is COc1cccc(C(=O)[C@@H]2[C@H](C(=O)c3ccc(Cl)cc3Cl)N3C=Cc4ccccc4[C@@H]3[C@@]23C(=O)Nc2ccccc23)c1. The topological polar surface area (TPSA) is 75.7 Å². The van der Waals surface area contributed by atoms with Gasteiger partial charge in [0.15, 0.2) is 11.6 Å². The summed E-state index contributed by atoms with van der Waals surface area (Å²) in [5, 5.41) is 3.61. The molecule has 1 spiro atoms. The Bertz CT molecular complexity index is 1840. The molecule has 6 nitrogen and oxygen atoms in total. The second-order valence-corrected chi connectivity index (χ2v) is 11.5. The minimum Gasteiger partial charge on any atom is -0.497 e. The molecule has 1 amide bonds. The zero-order chi connectivity index (χ0) is 29.2. The second kappa shape index (κ2) is 9.86. The van der Waals surface area contributed by atoms with E-state index < -0.39 is 23.4 Å². The van der Waals surface area contributed by atoms with E-state index in [4.69, 9.17) is 27.9 Å². The first-order valence-corrected chi connectivity index (χ1v) is 14.2. The Morgan fingerprint density at radius 3 is 2.50 bits per heavy atom. The maximum atomic E-state index is 14.9. The van der Waals surface area contributed by atoms with Gasteiger partial charge >= 0.3 is 0 Å². The first kappa shape index (κ1) is 26.5. The van der Waals surface area contributed by atoms with Gasteiger partial charge in [0.1, 0.15) is 17.2 Å². The van der Waals surface area contributed by atoms with Gasteiger partial charge < -0.3 is 15.0 Å². The van der Waals surface area contributed by atoms with E-state index in [2.05, 4.69) is 5.32 Å². The smallest absolute Gasteiger partial charge is 0.238 e. The molecule has 0 aromatic heterocycles. The summed E-state index contributed by atoms with van der Waals surface area (Å²) in [7, 11) is 1.53. The number of rotatable bonds is 5. The van der Waals surface area contributed by atoms with E-state index in [1.54, 1.807) is 36.4 Å². The van der Waals surface area contributed by atoms with Gasteiger partial charge in [0.2, 0.25) is 5.91 Å². The van der Waals surface area contributed by atoms with Crippen molar-refractivity contribution >= 4 is 52.4 Å². The fourth-order valence-corrected chi connectivity index (χ4v) is 7.47. The number of halogens is 2. The number of benzene rings is 4. The fourth-order valence-electron chi connectivity index (χ4n) is 6.97. The third-order valence-electron chi connectivity index (χ3n) is 8.67. The number of hydrogen-bond donors (Lipinski definition) is 1. The predicted octanol–water partition coefficient (Wildman–Crippen LogP) is 6.98. The number of amides is 1. The van der Waals surface area contributed by atoms with Crippen LogP contribution < -0.4 is 10.1 Å². The third-order valence-corrected chi connectivity index (χ3v) is 9.22. The van der Waals surface area contributed by atoms with E-state index in [9.17, 15) is 14.4 Å². The van der Waals surface area contributed by atoms with Crippen molar-refractivity contribution in [3.63, 3.8) is 0 Å². The van der Waals surface area contributed by atoms with Crippen LogP contribution in [0.5, 0.6) is 5.75 Å². The van der Waals surface area contributed by atoms with Crippen LogP contribution in [-0.4, -0.2) is 35.5 Å². The van der Waals surface area contributed by atoms with Crippen LogP contribution in [0.15, 0.2) is 97.2 Å². The first-order chi connectivity index (χ1) is 20.4. The van der Waals surface area contributed by atoms with Gasteiger partial charge in [-0.3, -0.25) is 14.4 Å². The molecule has 0 aliphatic carbocycles. The molecular formula is C34H24Cl2N2O4. The number of methoxy groups -OCH3 is 1. The Morgan fingerprint density at radius 1 is 0.905 bits per heavy atom. The molecule has 4 atom stereocenters. The highest BCUT2D eigenvalue weighted by Gasteiger charge is 2.70. The van der Waals surface area contributed by atoms with Crippen LogP contribution >= 0.6 is 23.2 Å². The molecule has 0 unspecified atom stereocenters. The largest absolute Gasteiger partial charge is 0.497 e. The molecule has 208 valence electrons. The molecule has 0 radical (unpaired) electrons. The minimum atomic E-state index is -1.43. The standard InChI is InChI=1S/C34H24Cl2N2O4/c1-42-22-9-6-8-20(17-22)30(39)28-29(31(40)24-14-13-21(35)18-26(24)36)38-16-15-19-7-2-3-10-23(19)32(38)34(28)25-11-4-5-12-27(25)37-33(34)41/h2-18,28-29,32H,1H3,(H,37,41)/t28-,29+,32+,34-/m0/s1. The number of hydrogen-bond acceptors (Lipinski definition) is 5. The summed E-state index contributed by atoms with van der Waals surface area (Å²) < 4.78 is 5.42. The molecule has 0 saturated carbocycles. The maximum absolute atomic E-state index is 14.9. The Morgan fingerprint density at radius 2 is 1.69 bits per heavy atom. The lowest BCUT2D eigenvalue weighted by atomic mass is 9.62. The monoisotopic (exact) mass is 594 g/mol. The molecule has 4 aromatic carbocycles. The van der Waals surface area contributed by atoms with Gasteiger partial charge in [-0.05, 0) is 59.2 Å². The van der Waals surface area contributed by atoms with Gasteiger partial charge in [0, 0.05) is 28.0 Å². The number of fused-ring (bicyclic) bond motifs is 6. The van der Waals surface area contributed by atoms with Gasteiger partial charge in [0.25, 0.3) is 0 Å². The van der Waals surface area contributed by atoms with E-state index in [1.807, 2.05) is 65.7 Å². The molecule has 4 aromatic rings. The summed E-state index contributed by atoms with van der Waals surface area (Å²) >= 11 is 12.8. The van der Waals surface area contributed by atoms with Crippen LogP contribution in [0, 0.1) is 5.92 Å². The van der Waals surface area contributed by atoms with E-state index in [0.717, 1.165) is 11.1 Å². The zero-order valence-corrected chi connectivity index (χ0v) is 23.9. The highest BCUT2D eigenvalue weighted by atomic mass is 35.5. The van der Waals surface area contributed by atoms with E-state index in [1.165, 1.54) is 13.2 Å². The summed E-state index contributed by atoms with van der Waals surface area (Å²) in [6, 6.07) is 25.0. The molecule has 7 rings (SSSR count).